The van der Waals surface area contributed by atoms with Gasteiger partial charge in [0.2, 0.25) is 0 Å². The van der Waals surface area contributed by atoms with E-state index in [-0.39, 0.29) is 6.04 Å². The molecule has 0 radical (unpaired) electrons. The molecule has 0 aliphatic heterocycles. The zero-order valence-electron chi connectivity index (χ0n) is 6.56. The van der Waals surface area contributed by atoms with Crippen molar-refractivity contribution in [1.82, 2.24) is 10.6 Å². The summed E-state index contributed by atoms with van der Waals surface area (Å²) in [6, 6.07) is 0.0946. The van der Waals surface area contributed by atoms with Crippen LogP contribution in [0.15, 0.2) is 0 Å². The second-order valence-corrected chi connectivity index (χ2v) is 4.17. The number of rotatable bonds is 4. The highest BCUT2D eigenvalue weighted by Gasteiger charge is 2.11. The Morgan fingerprint density at radius 1 is 1.40 bits per heavy atom. The quantitative estimate of drug-likeness (QED) is 0.294. The van der Waals surface area contributed by atoms with E-state index in [9.17, 15) is 5.11 Å². The minimum absolute atomic E-state index is 0.0946. The Hall–Kier alpha value is 0.610. The minimum atomic E-state index is -0.461. The van der Waals surface area contributed by atoms with Crippen LogP contribution in [0, 0.1) is 0 Å². The van der Waals surface area contributed by atoms with Crippen molar-refractivity contribution in [3.63, 3.8) is 0 Å². The van der Waals surface area contributed by atoms with Gasteiger partial charge in [-0.3, -0.25) is 5.32 Å². The number of likely N-dealkylation sites (N-methyl/N-ethyl adjacent to an activating group) is 1. The third-order valence-electron chi connectivity index (χ3n) is 1.33. The number of halogens is 1. The minimum Gasteiger partial charge on any atom is -0.377 e. The van der Waals surface area contributed by atoms with E-state index in [0.717, 1.165) is 0 Å². The first-order chi connectivity index (χ1) is 4.57. The lowest BCUT2D eigenvalue weighted by molar-refractivity contribution is 0.104. The maximum Gasteiger partial charge on any atom is 0.120 e. The molecule has 0 saturated heterocycles. The highest BCUT2D eigenvalue weighted by molar-refractivity contribution is 14.1. The fourth-order valence-corrected chi connectivity index (χ4v) is 0.906. The first-order valence-electron chi connectivity index (χ1n) is 3.33. The lowest BCUT2D eigenvalue weighted by atomic mass is 10.3. The molecule has 0 heterocycles. The second kappa shape index (κ2) is 5.29. The summed E-state index contributed by atoms with van der Waals surface area (Å²) in [6.45, 7) is 3.92. The van der Waals surface area contributed by atoms with Gasteiger partial charge in [0.15, 0.2) is 0 Å². The predicted molar refractivity (Wildman–Crippen MR) is 51.1 cm³/mol. The Morgan fingerprint density at radius 3 is 2.20 bits per heavy atom. The summed E-state index contributed by atoms with van der Waals surface area (Å²) in [5.41, 5.74) is 0. The van der Waals surface area contributed by atoms with Crippen molar-refractivity contribution in [2.75, 3.05) is 7.05 Å². The van der Waals surface area contributed by atoms with Crippen LogP contribution >= 0.6 is 22.6 Å². The van der Waals surface area contributed by atoms with E-state index in [2.05, 4.69) is 33.2 Å². The van der Waals surface area contributed by atoms with E-state index in [0.29, 0.717) is 4.05 Å². The third kappa shape index (κ3) is 4.43. The average molecular weight is 258 g/mol. The van der Waals surface area contributed by atoms with Gasteiger partial charge in [-0.1, -0.05) is 22.6 Å². The van der Waals surface area contributed by atoms with Crippen molar-refractivity contribution in [3.8, 4) is 0 Å². The van der Waals surface area contributed by atoms with Gasteiger partial charge in [0, 0.05) is 6.04 Å². The molecular formula is C6H15IN2O. The zero-order chi connectivity index (χ0) is 8.15. The van der Waals surface area contributed by atoms with E-state index in [4.69, 9.17) is 0 Å². The molecule has 0 aliphatic carbocycles. The Balaban J connectivity index is 3.50. The molecule has 3 nitrogen and oxygen atoms in total. The molecule has 3 unspecified atom stereocenters. The van der Waals surface area contributed by atoms with E-state index in [1.165, 1.54) is 0 Å². The molecule has 0 aromatic heterocycles. The molecule has 0 amide bonds. The molecule has 0 aromatic rings. The highest BCUT2D eigenvalue weighted by Crippen LogP contribution is 1.96. The Labute approximate surface area is 75.7 Å². The van der Waals surface area contributed by atoms with E-state index in [1.807, 2.05) is 20.9 Å². The molecule has 10 heavy (non-hydrogen) atoms. The van der Waals surface area contributed by atoms with Gasteiger partial charge in [0.05, 0.1) is 4.05 Å². The molecule has 4 heteroatoms. The summed E-state index contributed by atoms with van der Waals surface area (Å²) in [5, 5.41) is 15.2. The first-order valence-corrected chi connectivity index (χ1v) is 4.58. The molecule has 3 N–H and O–H groups in total. The summed E-state index contributed by atoms with van der Waals surface area (Å²) in [6.07, 6.45) is -0.461. The fraction of sp³-hybridized carbons (Fsp3) is 1.00. The summed E-state index contributed by atoms with van der Waals surface area (Å²) in [5.74, 6) is 0. The number of hydrogen-bond donors (Lipinski definition) is 3. The van der Waals surface area contributed by atoms with Crippen LogP contribution in [0.3, 0.4) is 0 Å². The summed E-state index contributed by atoms with van der Waals surface area (Å²) < 4.78 is 0.295. The van der Waals surface area contributed by atoms with Crippen LogP contribution in [-0.2, 0) is 0 Å². The lowest BCUT2D eigenvalue weighted by Crippen LogP contribution is -2.46. The number of alkyl halides is 1. The van der Waals surface area contributed by atoms with Gasteiger partial charge in [-0.2, -0.15) is 0 Å². The Kier molecular flexibility index (Phi) is 5.61. The average Bonchev–Trinajstić information content (AvgIpc) is 1.85. The van der Waals surface area contributed by atoms with Gasteiger partial charge in [-0.15, -0.1) is 0 Å². The summed E-state index contributed by atoms with van der Waals surface area (Å²) >= 11 is 2.21. The van der Waals surface area contributed by atoms with Crippen molar-refractivity contribution >= 4 is 22.6 Å². The smallest absolute Gasteiger partial charge is 0.120 e. The number of aliphatic hydroxyl groups excluding tert-OH is 1. The van der Waals surface area contributed by atoms with Crippen LogP contribution in [0.1, 0.15) is 13.8 Å². The van der Waals surface area contributed by atoms with Gasteiger partial charge in [0.1, 0.15) is 6.23 Å². The van der Waals surface area contributed by atoms with Crippen LogP contribution in [0.2, 0.25) is 0 Å². The van der Waals surface area contributed by atoms with Gasteiger partial charge in [0.25, 0.3) is 0 Å². The van der Waals surface area contributed by atoms with Crippen LogP contribution in [0.25, 0.3) is 0 Å². The van der Waals surface area contributed by atoms with Gasteiger partial charge in [-0.25, -0.2) is 0 Å². The topological polar surface area (TPSA) is 44.3 Å². The van der Waals surface area contributed by atoms with Crippen LogP contribution in [-0.4, -0.2) is 28.5 Å². The number of aliphatic hydroxyl groups is 1. The molecular weight excluding hydrogens is 243 g/mol. The molecule has 0 aromatic carbocycles. The molecule has 0 aliphatic rings. The van der Waals surface area contributed by atoms with Crippen molar-refractivity contribution < 1.29 is 5.11 Å². The maximum atomic E-state index is 9.31. The highest BCUT2D eigenvalue weighted by atomic mass is 127. The van der Waals surface area contributed by atoms with Crippen molar-refractivity contribution in [2.45, 2.75) is 30.2 Å². The summed E-state index contributed by atoms with van der Waals surface area (Å²) in [7, 11) is 1.83. The van der Waals surface area contributed by atoms with Gasteiger partial charge >= 0.3 is 0 Å². The largest absolute Gasteiger partial charge is 0.377 e. The van der Waals surface area contributed by atoms with Crippen LogP contribution in [0.4, 0.5) is 0 Å². The molecule has 0 fully saturated rings. The Morgan fingerprint density at radius 2 is 1.90 bits per heavy atom. The molecule has 0 rings (SSSR count). The summed E-state index contributed by atoms with van der Waals surface area (Å²) in [4.78, 5) is 0. The van der Waals surface area contributed by atoms with Crippen LogP contribution in [0.5, 0.6) is 0 Å². The predicted octanol–water partition coefficient (Wildman–Crippen LogP) is 0.283. The fourth-order valence-electron chi connectivity index (χ4n) is 0.538. The van der Waals surface area contributed by atoms with Crippen molar-refractivity contribution in [1.29, 1.82) is 0 Å². The normalized spacial score (nSPS) is 20.1. The Bertz CT molecular complexity index is 89.8. The molecule has 0 bridgehead atoms. The SMILES string of the molecule is CNC(C)C(O)NC(C)I. The van der Waals surface area contributed by atoms with Crippen molar-refractivity contribution in [2.24, 2.45) is 0 Å². The number of nitrogens with one attached hydrogen (secondary N) is 2. The molecule has 0 spiro atoms. The maximum absolute atomic E-state index is 9.31. The number of hydrogen-bond acceptors (Lipinski definition) is 3. The molecule has 62 valence electrons. The first kappa shape index (κ1) is 10.6. The third-order valence-corrected chi connectivity index (χ3v) is 1.69. The van der Waals surface area contributed by atoms with E-state index < -0.39 is 6.23 Å². The zero-order valence-corrected chi connectivity index (χ0v) is 8.71. The molecule has 0 saturated carbocycles. The van der Waals surface area contributed by atoms with Crippen molar-refractivity contribution in [3.05, 3.63) is 0 Å². The monoisotopic (exact) mass is 258 g/mol. The standard InChI is InChI=1S/C6H15IN2O/c1-4(8-3)6(10)9-5(2)7/h4-6,8-10H,1-3H3. The molecule has 3 atom stereocenters. The van der Waals surface area contributed by atoms with Crippen LogP contribution < -0.4 is 10.6 Å². The van der Waals surface area contributed by atoms with E-state index in [1.54, 1.807) is 0 Å². The van der Waals surface area contributed by atoms with Gasteiger partial charge < -0.3 is 10.4 Å². The second-order valence-electron chi connectivity index (χ2n) is 2.30. The van der Waals surface area contributed by atoms with Gasteiger partial charge in [-0.05, 0) is 20.9 Å². The van der Waals surface area contributed by atoms with E-state index >= 15 is 0 Å². The lowest BCUT2D eigenvalue weighted by Gasteiger charge is -2.20.